The van der Waals surface area contributed by atoms with Gasteiger partial charge in [-0.25, -0.2) is 0 Å². The van der Waals surface area contributed by atoms with Gasteiger partial charge in [-0.1, -0.05) is 0 Å². The van der Waals surface area contributed by atoms with Crippen molar-refractivity contribution in [2.45, 2.75) is 47.0 Å². The molecule has 0 saturated carbocycles. The fraction of sp³-hybridized carbons (Fsp3) is 0.222. The molecule has 0 aromatic heterocycles. The summed E-state index contributed by atoms with van der Waals surface area (Å²) in [6.07, 6.45) is 6.47. The Hall–Kier alpha value is -0.800. The second-order valence-electron chi connectivity index (χ2n) is 12.3. The van der Waals surface area contributed by atoms with Crippen LogP contribution in [0.25, 0.3) is 34.4 Å². The summed E-state index contributed by atoms with van der Waals surface area (Å²) in [6.45, 7) is 9.21. The van der Waals surface area contributed by atoms with Gasteiger partial charge < -0.3 is 0 Å². The van der Waals surface area contributed by atoms with Crippen LogP contribution in [0.15, 0.2) is 83.9 Å². The molecule has 4 aromatic carbocycles. The predicted octanol–water partition coefficient (Wildman–Crippen LogP) is 14.0. The van der Waals surface area contributed by atoms with Gasteiger partial charge in [0.15, 0.2) is 0 Å². The van der Waals surface area contributed by atoms with E-state index in [1.807, 2.05) is 24.3 Å². The number of hydrogen-bond acceptors (Lipinski definition) is 0. The normalized spacial score (nSPS) is 18.5. The Morgan fingerprint density at radius 1 is 0.591 bits per heavy atom. The first-order valence-electron chi connectivity index (χ1n) is 15.0. The van der Waals surface area contributed by atoms with Crippen molar-refractivity contribution < 1.29 is 15.6 Å². The van der Waals surface area contributed by atoms with Crippen LogP contribution < -0.4 is 0 Å². The van der Waals surface area contributed by atoms with E-state index in [0.29, 0.717) is 20.1 Å². The number of rotatable bonds is 7. The topological polar surface area (TPSA) is 0 Å². The van der Waals surface area contributed by atoms with Gasteiger partial charge in [-0.2, -0.15) is 0 Å². The summed E-state index contributed by atoms with van der Waals surface area (Å²) in [5, 5.41) is 2.47. The Kier molecular flexibility index (Phi) is 9.28. The molecule has 0 N–H and O–H groups in total. The third kappa shape index (κ3) is 5.38. The zero-order valence-electron chi connectivity index (χ0n) is 25.0. The van der Waals surface area contributed by atoms with E-state index in [1.54, 1.807) is 12.1 Å². The van der Waals surface area contributed by atoms with Crippen LogP contribution in [-0.4, -0.2) is 5.92 Å². The van der Waals surface area contributed by atoms with Crippen LogP contribution in [0, 0.1) is 0 Å². The average Bonchev–Trinajstić information content (AvgIpc) is 3.55. The second kappa shape index (κ2) is 12.3. The molecule has 0 fully saturated rings. The molecule has 6 rings (SSSR count). The van der Waals surface area contributed by atoms with Gasteiger partial charge in [-0.05, 0) is 0 Å². The van der Waals surface area contributed by atoms with Crippen molar-refractivity contribution in [1.29, 1.82) is 0 Å². The van der Waals surface area contributed by atoms with E-state index in [1.165, 1.54) is 33.4 Å². The molecule has 0 heterocycles. The van der Waals surface area contributed by atoms with Crippen molar-refractivity contribution in [2.24, 2.45) is 0 Å². The summed E-state index contributed by atoms with van der Waals surface area (Å²) in [4.78, 5) is 0. The summed E-state index contributed by atoms with van der Waals surface area (Å²) in [6, 6.07) is 24.5. The van der Waals surface area contributed by atoms with E-state index in [9.17, 15) is 0 Å². The van der Waals surface area contributed by atoms with E-state index in [-0.39, 0.29) is 7.25 Å². The molecular weight excluding hydrogens is 764 g/mol. The fourth-order valence-corrected chi connectivity index (χ4v) is 40.4. The van der Waals surface area contributed by atoms with Crippen LogP contribution in [0.5, 0.6) is 0 Å². The van der Waals surface area contributed by atoms with E-state index >= 15 is 0 Å². The monoisotopic (exact) mass is 793 g/mol. The van der Waals surface area contributed by atoms with Crippen molar-refractivity contribution in [1.82, 2.24) is 0 Å². The quantitative estimate of drug-likeness (QED) is 0.163. The second-order valence-corrected chi connectivity index (χ2v) is 56.6. The zero-order valence-corrected chi connectivity index (χ0v) is 33.1. The first-order valence-corrected chi connectivity index (χ1v) is 32.9. The van der Waals surface area contributed by atoms with Gasteiger partial charge in [-0.3, -0.25) is 0 Å². The van der Waals surface area contributed by atoms with Gasteiger partial charge in [0.05, 0.1) is 0 Å². The molecule has 2 aliphatic carbocycles. The summed E-state index contributed by atoms with van der Waals surface area (Å²) < 4.78 is 0.0208. The Labute approximate surface area is 289 Å². The number of halogens is 6. The van der Waals surface area contributed by atoms with Crippen molar-refractivity contribution in [3.05, 3.63) is 126 Å². The van der Waals surface area contributed by atoms with Crippen molar-refractivity contribution in [3.8, 4) is 22.3 Å². The first kappa shape index (κ1) is 33.1. The standard InChI is InChI=1S/2C17H13Cl2.C2H7Si.2ClH.Zr/c2*1-2-11-6-12-4-3-5-16(17(12)7-11)13-8-14(18)10-15(19)9-13;1-3-2;;;/h2*3-10H,2H2,1H3;3H,1-2H3;2*1H;/q;;;;;+2/p-2. The molecule has 0 aliphatic heterocycles. The molecule has 2 aliphatic rings. The van der Waals surface area contributed by atoms with Crippen molar-refractivity contribution >= 4 is 81.5 Å². The van der Waals surface area contributed by atoms with Crippen LogP contribution in [-0.2, 0) is 15.6 Å². The van der Waals surface area contributed by atoms with Crippen LogP contribution >= 0.6 is 63.4 Å². The van der Waals surface area contributed by atoms with Crippen LogP contribution in [0.4, 0.5) is 0 Å². The van der Waals surface area contributed by atoms with Gasteiger partial charge in [0.25, 0.3) is 0 Å². The molecular formula is C36H33Cl6SiZr. The predicted molar refractivity (Wildman–Crippen MR) is 196 cm³/mol. The molecule has 0 saturated heterocycles. The van der Waals surface area contributed by atoms with Gasteiger partial charge in [-0.15, -0.1) is 0 Å². The van der Waals surface area contributed by atoms with Gasteiger partial charge >= 0.3 is 293 Å². The summed E-state index contributed by atoms with van der Waals surface area (Å²) in [5.74, 6) is -1.68. The average molecular weight is 798 g/mol. The Balaban J connectivity index is 1.59. The Morgan fingerprint density at radius 3 is 1.27 bits per heavy atom. The molecule has 4 aromatic rings. The maximum atomic E-state index is 8.51. The van der Waals surface area contributed by atoms with E-state index in [4.69, 9.17) is 63.4 Å². The van der Waals surface area contributed by atoms with Crippen LogP contribution in [0.2, 0.25) is 33.2 Å². The maximum absolute atomic E-state index is 8.51. The van der Waals surface area contributed by atoms with Gasteiger partial charge in [0.1, 0.15) is 0 Å². The molecule has 0 nitrogen and oxygen atoms in total. The minimum atomic E-state index is -4.87. The molecule has 0 amide bonds. The molecule has 0 radical (unpaired) electrons. The molecule has 8 heteroatoms. The molecule has 227 valence electrons. The molecule has 0 spiro atoms. The summed E-state index contributed by atoms with van der Waals surface area (Å²) in [7, 11) is 17.0. The van der Waals surface area contributed by atoms with Gasteiger partial charge in [0.2, 0.25) is 0 Å². The van der Waals surface area contributed by atoms with Crippen molar-refractivity contribution in [3.63, 3.8) is 0 Å². The fourth-order valence-electron chi connectivity index (χ4n) is 7.60. The Bertz CT molecular complexity index is 1710. The SMILES string of the molecule is CCC1=Cc2c(-c3cc(Cl)cc(Cl)c3)cccc2[CH]1[Zr]([Cl])([Cl])([CH]1C(CC)=Cc2c(-c3cc(Cl)cc(Cl)c3)cccc21)[SiH](C)C. The van der Waals surface area contributed by atoms with Crippen LogP contribution in [0.1, 0.15) is 56.2 Å². The van der Waals surface area contributed by atoms with Crippen LogP contribution in [0.3, 0.4) is 0 Å². The molecule has 2 unspecified atom stereocenters. The summed E-state index contributed by atoms with van der Waals surface area (Å²) in [5.41, 5.74) is 11.7. The van der Waals surface area contributed by atoms with E-state index in [0.717, 1.165) is 35.1 Å². The number of fused-ring (bicyclic) bond motifs is 2. The number of allylic oxidation sites excluding steroid dienone is 2. The van der Waals surface area contributed by atoms with Crippen molar-refractivity contribution in [2.75, 3.05) is 0 Å². The minimum absolute atomic E-state index is 0.0104. The molecule has 0 bridgehead atoms. The third-order valence-corrected chi connectivity index (χ3v) is 62.4. The first-order chi connectivity index (χ1) is 20.9. The van der Waals surface area contributed by atoms with E-state index in [2.05, 4.69) is 75.5 Å². The Morgan fingerprint density at radius 2 is 0.955 bits per heavy atom. The third-order valence-electron chi connectivity index (χ3n) is 9.67. The zero-order chi connectivity index (χ0) is 31.6. The number of hydrogen-bond donors (Lipinski definition) is 0. The number of benzene rings is 4. The molecule has 2 atom stereocenters. The molecule has 44 heavy (non-hydrogen) atoms. The summed E-state index contributed by atoms with van der Waals surface area (Å²) >= 11 is 21.0. The van der Waals surface area contributed by atoms with Gasteiger partial charge in [0, 0.05) is 0 Å². The van der Waals surface area contributed by atoms with E-state index < -0.39 is 21.5 Å².